The van der Waals surface area contributed by atoms with Gasteiger partial charge >= 0.3 is 11.9 Å². The molecule has 0 bridgehead atoms. The van der Waals surface area contributed by atoms with E-state index in [-0.39, 0.29) is 23.8 Å². The summed E-state index contributed by atoms with van der Waals surface area (Å²) in [6.45, 7) is 8.78. The number of hydrogen-bond acceptors (Lipinski definition) is 8. The average Bonchev–Trinajstić information content (AvgIpc) is 3.14. The van der Waals surface area contributed by atoms with Crippen molar-refractivity contribution in [3.05, 3.63) is 89.0 Å². The molecular formula is C28H27BrN2O6S. The summed E-state index contributed by atoms with van der Waals surface area (Å²) < 4.78 is 19.4. The van der Waals surface area contributed by atoms with Crippen LogP contribution < -0.4 is 24.4 Å². The number of hydrogen-bond donors (Lipinski definition) is 0. The second-order valence-electron chi connectivity index (χ2n) is 8.78. The van der Waals surface area contributed by atoms with Gasteiger partial charge in [0.1, 0.15) is 17.5 Å². The SMILES string of the molecule is CCOC(=O)C1=C(C)N=c2s/c(=C\c3cc(Br)ccc3OC(C)=O)c(=O)n2[C@H]1c1ccccc1OC(C)C. The second-order valence-corrected chi connectivity index (χ2v) is 10.7. The number of thiazole rings is 1. The molecule has 0 amide bonds. The lowest BCUT2D eigenvalue weighted by molar-refractivity contribution is -0.139. The average molecular weight is 600 g/mol. The van der Waals surface area contributed by atoms with Crippen molar-refractivity contribution in [1.82, 2.24) is 4.57 Å². The number of carbonyl (C=O) groups excluding carboxylic acids is 2. The van der Waals surface area contributed by atoms with Crippen LogP contribution in [-0.2, 0) is 14.3 Å². The van der Waals surface area contributed by atoms with Gasteiger partial charge in [-0.25, -0.2) is 9.79 Å². The predicted octanol–water partition coefficient (Wildman–Crippen LogP) is 4.27. The number of fused-ring (bicyclic) bond motifs is 1. The number of allylic oxidation sites excluding steroid dienone is 1. The lowest BCUT2D eigenvalue weighted by Gasteiger charge is -2.26. The minimum atomic E-state index is -0.808. The molecule has 38 heavy (non-hydrogen) atoms. The molecule has 2 heterocycles. The fourth-order valence-electron chi connectivity index (χ4n) is 4.17. The molecule has 8 nitrogen and oxygen atoms in total. The summed E-state index contributed by atoms with van der Waals surface area (Å²) in [5.41, 5.74) is 1.58. The zero-order valence-electron chi connectivity index (χ0n) is 21.6. The first-order valence-electron chi connectivity index (χ1n) is 12.0. The molecule has 3 aromatic rings. The Bertz CT molecular complexity index is 1620. The predicted molar refractivity (Wildman–Crippen MR) is 148 cm³/mol. The molecule has 10 heteroatoms. The van der Waals surface area contributed by atoms with E-state index in [1.54, 1.807) is 38.1 Å². The first-order valence-corrected chi connectivity index (χ1v) is 13.6. The largest absolute Gasteiger partial charge is 0.491 e. The summed E-state index contributed by atoms with van der Waals surface area (Å²) in [4.78, 5) is 43.8. The first-order chi connectivity index (χ1) is 18.1. The summed E-state index contributed by atoms with van der Waals surface area (Å²) in [5, 5.41) is 0. The van der Waals surface area contributed by atoms with Crippen LogP contribution in [0.2, 0.25) is 0 Å². The Morgan fingerprint density at radius 1 is 1.18 bits per heavy atom. The molecule has 0 unspecified atom stereocenters. The minimum absolute atomic E-state index is 0.126. The van der Waals surface area contributed by atoms with Crippen molar-refractivity contribution in [2.45, 2.75) is 46.8 Å². The summed E-state index contributed by atoms with van der Waals surface area (Å²) in [6.07, 6.45) is 1.53. The van der Waals surface area contributed by atoms with Gasteiger partial charge in [0.2, 0.25) is 0 Å². The molecule has 1 aliphatic rings. The van der Waals surface area contributed by atoms with Crippen LogP contribution in [0.3, 0.4) is 0 Å². The van der Waals surface area contributed by atoms with Crippen LogP contribution in [0.15, 0.2) is 68.0 Å². The van der Waals surface area contributed by atoms with E-state index in [1.807, 2.05) is 38.1 Å². The van der Waals surface area contributed by atoms with Gasteiger partial charge in [0, 0.05) is 22.5 Å². The Balaban J connectivity index is 1.99. The second kappa shape index (κ2) is 11.5. The highest BCUT2D eigenvalue weighted by molar-refractivity contribution is 9.10. The number of para-hydroxylation sites is 1. The lowest BCUT2D eigenvalue weighted by atomic mass is 9.95. The topological polar surface area (TPSA) is 96.2 Å². The van der Waals surface area contributed by atoms with Gasteiger partial charge in [0.15, 0.2) is 4.80 Å². The Hall–Kier alpha value is -3.50. The molecule has 0 fully saturated rings. The molecule has 198 valence electrons. The number of benzene rings is 2. The van der Waals surface area contributed by atoms with Crippen LogP contribution in [0.25, 0.3) is 6.08 Å². The van der Waals surface area contributed by atoms with E-state index in [1.165, 1.54) is 22.8 Å². The number of esters is 2. The third kappa shape index (κ3) is 5.66. The Labute approximate surface area is 232 Å². The van der Waals surface area contributed by atoms with E-state index in [2.05, 4.69) is 20.9 Å². The van der Waals surface area contributed by atoms with Crippen LogP contribution in [-0.4, -0.2) is 29.2 Å². The summed E-state index contributed by atoms with van der Waals surface area (Å²) in [5.74, 6) is -0.138. The molecule has 4 rings (SSSR count). The lowest BCUT2D eigenvalue weighted by Crippen LogP contribution is -2.40. The Kier molecular flexibility index (Phi) is 8.32. The third-order valence-electron chi connectivity index (χ3n) is 5.61. The Morgan fingerprint density at radius 2 is 1.92 bits per heavy atom. The quantitative estimate of drug-likeness (QED) is 0.297. The number of halogens is 1. The number of nitrogens with zero attached hydrogens (tertiary/aromatic N) is 2. The molecule has 0 N–H and O–H groups in total. The molecule has 0 saturated carbocycles. The molecule has 2 aromatic carbocycles. The third-order valence-corrected chi connectivity index (χ3v) is 7.08. The van der Waals surface area contributed by atoms with Crippen molar-refractivity contribution in [3.63, 3.8) is 0 Å². The van der Waals surface area contributed by atoms with Crippen LogP contribution in [0.5, 0.6) is 11.5 Å². The van der Waals surface area contributed by atoms with E-state index in [4.69, 9.17) is 14.2 Å². The van der Waals surface area contributed by atoms with Crippen molar-refractivity contribution in [2.24, 2.45) is 4.99 Å². The number of aromatic nitrogens is 1. The maximum atomic E-state index is 13.9. The van der Waals surface area contributed by atoms with Gasteiger partial charge in [0.25, 0.3) is 5.56 Å². The summed E-state index contributed by atoms with van der Waals surface area (Å²) in [6, 6.07) is 11.7. The van der Waals surface area contributed by atoms with Gasteiger partial charge < -0.3 is 14.2 Å². The van der Waals surface area contributed by atoms with Crippen molar-refractivity contribution >= 4 is 45.3 Å². The highest BCUT2D eigenvalue weighted by Crippen LogP contribution is 2.36. The zero-order valence-corrected chi connectivity index (χ0v) is 24.0. The normalized spacial score (nSPS) is 15.2. The van der Waals surface area contributed by atoms with Crippen LogP contribution in [0, 0.1) is 0 Å². The fourth-order valence-corrected chi connectivity index (χ4v) is 5.59. The molecule has 1 aromatic heterocycles. The molecule has 0 aliphatic carbocycles. The maximum absolute atomic E-state index is 13.9. The van der Waals surface area contributed by atoms with Gasteiger partial charge in [-0.3, -0.25) is 14.2 Å². The van der Waals surface area contributed by atoms with Crippen LogP contribution in [0.4, 0.5) is 0 Å². The molecule has 0 saturated heterocycles. The maximum Gasteiger partial charge on any atom is 0.338 e. The zero-order chi connectivity index (χ0) is 27.6. The highest BCUT2D eigenvalue weighted by atomic mass is 79.9. The first kappa shape index (κ1) is 27.5. The highest BCUT2D eigenvalue weighted by Gasteiger charge is 2.35. The number of rotatable bonds is 7. The fraction of sp³-hybridized carbons (Fsp3) is 0.286. The minimum Gasteiger partial charge on any atom is -0.491 e. The van der Waals surface area contributed by atoms with Crippen molar-refractivity contribution in [1.29, 1.82) is 0 Å². The molecule has 0 spiro atoms. The number of ether oxygens (including phenoxy) is 3. The molecule has 1 atom stereocenters. The van der Waals surface area contributed by atoms with Crippen molar-refractivity contribution in [2.75, 3.05) is 6.61 Å². The van der Waals surface area contributed by atoms with E-state index in [0.29, 0.717) is 37.7 Å². The standard InChI is InChI=1S/C28H27BrN2O6S/c1-6-35-27(34)24-16(4)30-28-31(25(24)20-9-7-8-10-22(20)36-15(2)3)26(33)23(38-28)14-18-13-19(29)11-12-21(18)37-17(5)32/h7-15,25H,6H2,1-5H3/b23-14-/t25-/m0/s1. The van der Waals surface area contributed by atoms with Gasteiger partial charge in [0.05, 0.1) is 28.5 Å². The summed E-state index contributed by atoms with van der Waals surface area (Å²) >= 11 is 4.62. The van der Waals surface area contributed by atoms with Crippen LogP contribution in [0.1, 0.15) is 51.8 Å². The van der Waals surface area contributed by atoms with Crippen LogP contribution >= 0.6 is 27.3 Å². The van der Waals surface area contributed by atoms with E-state index in [0.717, 1.165) is 4.47 Å². The summed E-state index contributed by atoms with van der Waals surface area (Å²) in [7, 11) is 0. The smallest absolute Gasteiger partial charge is 0.338 e. The van der Waals surface area contributed by atoms with E-state index >= 15 is 0 Å². The molecule has 0 radical (unpaired) electrons. The van der Waals surface area contributed by atoms with E-state index < -0.39 is 18.0 Å². The van der Waals surface area contributed by atoms with Gasteiger partial charge in [-0.15, -0.1) is 0 Å². The van der Waals surface area contributed by atoms with Gasteiger partial charge in [-0.05, 0) is 58.0 Å². The van der Waals surface area contributed by atoms with Crippen molar-refractivity contribution in [3.8, 4) is 11.5 Å². The Morgan fingerprint density at radius 3 is 2.61 bits per heavy atom. The monoisotopic (exact) mass is 598 g/mol. The van der Waals surface area contributed by atoms with Crippen molar-refractivity contribution < 1.29 is 23.8 Å². The van der Waals surface area contributed by atoms with Gasteiger partial charge in [-0.1, -0.05) is 45.5 Å². The molecule has 1 aliphatic heterocycles. The molecular weight excluding hydrogens is 572 g/mol. The van der Waals surface area contributed by atoms with E-state index in [9.17, 15) is 14.4 Å². The van der Waals surface area contributed by atoms with Gasteiger partial charge in [-0.2, -0.15) is 0 Å². The number of carbonyl (C=O) groups is 2.